The highest BCUT2D eigenvalue weighted by atomic mass is 35.5. The smallest absolute Gasteiger partial charge is 0.320 e. The fourth-order valence-electron chi connectivity index (χ4n) is 1.03. The van der Waals surface area contributed by atoms with Crippen LogP contribution in [0.4, 0.5) is 0 Å². The average molecular weight is 271 g/mol. The number of rotatable bonds is 3. The van der Waals surface area contributed by atoms with Gasteiger partial charge in [-0.25, -0.2) is 0 Å². The van der Waals surface area contributed by atoms with Gasteiger partial charge in [-0.05, 0) is 18.1 Å². The molecule has 0 bridgehead atoms. The number of benzene rings is 1. The molecule has 0 aliphatic heterocycles. The second-order valence-corrected chi connectivity index (χ2v) is 3.65. The van der Waals surface area contributed by atoms with Gasteiger partial charge in [0.1, 0.15) is 6.04 Å². The molecule has 84 valence electrons. The van der Waals surface area contributed by atoms with E-state index in [4.69, 9.17) is 34.0 Å². The first kappa shape index (κ1) is 14.5. The van der Waals surface area contributed by atoms with Crippen LogP contribution >= 0.6 is 35.6 Å². The van der Waals surface area contributed by atoms with E-state index < -0.39 is 12.0 Å². The van der Waals surface area contributed by atoms with Crippen LogP contribution in [0.3, 0.4) is 0 Å². The number of halogens is 3. The lowest BCUT2D eigenvalue weighted by molar-refractivity contribution is -0.138. The van der Waals surface area contributed by atoms with Crippen LogP contribution in [0.1, 0.15) is 5.56 Å². The van der Waals surface area contributed by atoms with Crippen LogP contribution in [0.5, 0.6) is 0 Å². The summed E-state index contributed by atoms with van der Waals surface area (Å²) in [7, 11) is 0. The number of hydrogen-bond acceptors (Lipinski definition) is 2. The molecule has 0 saturated carbocycles. The molecular weight excluding hydrogens is 260 g/mol. The van der Waals surface area contributed by atoms with Gasteiger partial charge in [-0.2, -0.15) is 0 Å². The van der Waals surface area contributed by atoms with Crippen molar-refractivity contribution >= 4 is 41.6 Å². The van der Waals surface area contributed by atoms with Crippen molar-refractivity contribution in [3.8, 4) is 0 Å². The van der Waals surface area contributed by atoms with Crippen LogP contribution in [0, 0.1) is 0 Å². The van der Waals surface area contributed by atoms with Crippen LogP contribution < -0.4 is 5.73 Å². The molecule has 0 heterocycles. The summed E-state index contributed by atoms with van der Waals surface area (Å²) < 4.78 is 0. The zero-order valence-corrected chi connectivity index (χ0v) is 9.94. The van der Waals surface area contributed by atoms with Gasteiger partial charge in [0.25, 0.3) is 0 Å². The van der Waals surface area contributed by atoms with E-state index in [1.54, 1.807) is 18.2 Å². The Morgan fingerprint density at radius 1 is 1.47 bits per heavy atom. The van der Waals surface area contributed by atoms with Gasteiger partial charge in [0.2, 0.25) is 0 Å². The van der Waals surface area contributed by atoms with Gasteiger partial charge in [0, 0.05) is 0 Å². The number of aliphatic carboxylic acids is 1. The minimum atomic E-state index is -1.05. The third-order valence-electron chi connectivity index (χ3n) is 1.79. The Labute approximate surface area is 104 Å². The van der Waals surface area contributed by atoms with Crippen molar-refractivity contribution in [1.82, 2.24) is 0 Å². The van der Waals surface area contributed by atoms with Crippen LogP contribution in [0.25, 0.3) is 0 Å². The summed E-state index contributed by atoms with van der Waals surface area (Å²) in [6.07, 6.45) is 0.175. The third-order valence-corrected chi connectivity index (χ3v) is 2.65. The fourth-order valence-corrected chi connectivity index (χ4v) is 1.43. The van der Waals surface area contributed by atoms with Crippen LogP contribution in [0.2, 0.25) is 10.0 Å². The largest absolute Gasteiger partial charge is 0.480 e. The minimum Gasteiger partial charge on any atom is -0.480 e. The Hall–Kier alpha value is -0.480. The second kappa shape index (κ2) is 6.18. The number of nitrogens with two attached hydrogens (primary N) is 1. The summed E-state index contributed by atoms with van der Waals surface area (Å²) in [4.78, 5) is 10.5. The van der Waals surface area contributed by atoms with Crippen molar-refractivity contribution in [2.75, 3.05) is 0 Å². The molecule has 0 radical (unpaired) electrons. The fraction of sp³-hybridized carbons (Fsp3) is 0.222. The van der Waals surface area contributed by atoms with Crippen molar-refractivity contribution in [2.24, 2.45) is 5.73 Å². The van der Waals surface area contributed by atoms with Gasteiger partial charge < -0.3 is 10.8 Å². The molecule has 0 aliphatic carbocycles. The molecule has 0 aromatic heterocycles. The van der Waals surface area contributed by atoms with E-state index in [-0.39, 0.29) is 18.8 Å². The first-order valence-corrected chi connectivity index (χ1v) is 4.69. The van der Waals surface area contributed by atoms with Crippen molar-refractivity contribution < 1.29 is 9.90 Å². The van der Waals surface area contributed by atoms with Gasteiger partial charge in [0.05, 0.1) is 10.0 Å². The van der Waals surface area contributed by atoms with E-state index >= 15 is 0 Å². The quantitative estimate of drug-likeness (QED) is 0.886. The lowest BCUT2D eigenvalue weighted by atomic mass is 10.1. The Bertz CT molecular complexity index is 357. The summed E-state index contributed by atoms with van der Waals surface area (Å²) in [5, 5.41) is 9.37. The average Bonchev–Trinajstić information content (AvgIpc) is 2.12. The summed E-state index contributed by atoms with van der Waals surface area (Å²) >= 11 is 11.6. The van der Waals surface area contributed by atoms with E-state index in [1.807, 2.05) is 0 Å². The highest BCUT2D eigenvalue weighted by molar-refractivity contribution is 6.42. The maximum atomic E-state index is 10.5. The third kappa shape index (κ3) is 3.87. The normalized spacial score (nSPS) is 11.7. The number of hydrogen-bond donors (Lipinski definition) is 2. The zero-order chi connectivity index (χ0) is 10.7. The molecule has 0 spiro atoms. The van der Waals surface area contributed by atoms with Crippen molar-refractivity contribution in [3.63, 3.8) is 0 Å². The first-order chi connectivity index (χ1) is 6.52. The van der Waals surface area contributed by atoms with Crippen molar-refractivity contribution in [1.29, 1.82) is 0 Å². The Morgan fingerprint density at radius 2 is 2.07 bits per heavy atom. The van der Waals surface area contributed by atoms with Crippen molar-refractivity contribution in [3.05, 3.63) is 33.8 Å². The molecule has 3 N–H and O–H groups in total. The SMILES string of the molecule is Cl.NC(Cc1cccc(Cl)c1Cl)C(=O)O. The number of carboxylic acid groups (broad SMARTS) is 1. The van der Waals surface area contributed by atoms with Crippen molar-refractivity contribution in [2.45, 2.75) is 12.5 Å². The van der Waals surface area contributed by atoms with Crippen LogP contribution in [-0.2, 0) is 11.2 Å². The molecule has 1 unspecified atom stereocenters. The van der Waals surface area contributed by atoms with Gasteiger partial charge in [-0.1, -0.05) is 35.3 Å². The lowest BCUT2D eigenvalue weighted by Crippen LogP contribution is -2.32. The molecule has 1 aromatic carbocycles. The topological polar surface area (TPSA) is 63.3 Å². The van der Waals surface area contributed by atoms with Gasteiger partial charge in [-0.3, -0.25) is 4.79 Å². The molecule has 0 saturated heterocycles. The highest BCUT2D eigenvalue weighted by Gasteiger charge is 2.14. The summed E-state index contributed by atoms with van der Waals surface area (Å²) in [6.45, 7) is 0. The van der Waals surface area contributed by atoms with E-state index in [1.165, 1.54) is 0 Å². The molecule has 1 atom stereocenters. The molecule has 15 heavy (non-hydrogen) atoms. The van der Waals surface area contributed by atoms with E-state index in [9.17, 15) is 4.79 Å². The Morgan fingerprint density at radius 3 is 2.60 bits per heavy atom. The molecule has 1 aromatic rings. The number of carboxylic acids is 1. The van der Waals surface area contributed by atoms with E-state index in [0.717, 1.165) is 0 Å². The predicted molar refractivity (Wildman–Crippen MR) is 63.0 cm³/mol. The van der Waals surface area contributed by atoms with Gasteiger partial charge in [-0.15, -0.1) is 12.4 Å². The summed E-state index contributed by atoms with van der Waals surface area (Å²) in [5.41, 5.74) is 6.01. The lowest BCUT2D eigenvalue weighted by Gasteiger charge is -2.08. The number of carbonyl (C=O) groups is 1. The molecule has 0 aliphatic rings. The first-order valence-electron chi connectivity index (χ1n) is 3.93. The molecular formula is C9H10Cl3NO2. The minimum absolute atomic E-state index is 0. The van der Waals surface area contributed by atoms with Gasteiger partial charge in [0.15, 0.2) is 0 Å². The summed E-state index contributed by atoms with van der Waals surface area (Å²) in [5.74, 6) is -1.05. The highest BCUT2D eigenvalue weighted by Crippen LogP contribution is 2.26. The predicted octanol–water partition coefficient (Wildman–Crippen LogP) is 2.37. The van der Waals surface area contributed by atoms with E-state index in [0.29, 0.717) is 15.6 Å². The van der Waals surface area contributed by atoms with Crippen LogP contribution in [-0.4, -0.2) is 17.1 Å². The monoisotopic (exact) mass is 269 g/mol. The maximum Gasteiger partial charge on any atom is 0.320 e. The molecule has 3 nitrogen and oxygen atoms in total. The maximum absolute atomic E-state index is 10.5. The molecule has 1 rings (SSSR count). The zero-order valence-electron chi connectivity index (χ0n) is 7.61. The van der Waals surface area contributed by atoms with Gasteiger partial charge >= 0.3 is 5.97 Å². The second-order valence-electron chi connectivity index (χ2n) is 2.86. The molecule has 0 amide bonds. The van der Waals surface area contributed by atoms with E-state index in [2.05, 4.69) is 0 Å². The Balaban J connectivity index is 0.00000196. The molecule has 6 heteroatoms. The summed E-state index contributed by atoms with van der Waals surface area (Å²) in [6, 6.07) is 4.10. The molecule has 0 fully saturated rings. The standard InChI is InChI=1S/C9H9Cl2NO2.ClH/c10-6-3-1-2-5(8(6)11)4-7(12)9(13)14;/h1-3,7H,4,12H2,(H,13,14);1H. The Kier molecular flexibility index (Phi) is 5.98. The van der Waals surface area contributed by atoms with Crippen LogP contribution in [0.15, 0.2) is 18.2 Å².